The summed E-state index contributed by atoms with van der Waals surface area (Å²) in [6, 6.07) is 0. The average Bonchev–Trinajstić information content (AvgIpc) is 1.31. The monoisotopic (exact) mass is 282 g/mol. The Morgan fingerprint density at radius 3 is 2.17 bits per heavy atom. The van der Waals surface area contributed by atoms with Crippen molar-refractivity contribution in [2.75, 3.05) is 0 Å². The molecular formula is C2H2OSe3. The molecule has 0 radical (unpaired) electrons. The minimum absolute atomic E-state index is 0.588. The number of rotatable bonds is 1. The molecular weight excluding hydrogens is 277 g/mol. The standard InChI is InChI=1S/C2H2OSe3/c3-1-2-4-6-5-2/h1-2H. The molecule has 0 spiro atoms. The Hall–Kier alpha value is 1.23. The van der Waals surface area contributed by atoms with Crippen molar-refractivity contribution >= 4 is 43.9 Å². The zero-order chi connectivity index (χ0) is 4.41. The van der Waals surface area contributed by atoms with E-state index >= 15 is 0 Å². The predicted octanol–water partition coefficient (Wildman–Crippen LogP) is -1.11. The van der Waals surface area contributed by atoms with E-state index in [0.29, 0.717) is 3.71 Å². The van der Waals surface area contributed by atoms with E-state index in [-0.39, 0.29) is 0 Å². The van der Waals surface area contributed by atoms with Crippen molar-refractivity contribution in [3.8, 4) is 0 Å². The molecule has 1 saturated heterocycles. The zero-order valence-electron chi connectivity index (χ0n) is 2.79. The topological polar surface area (TPSA) is 17.1 Å². The first-order valence-corrected chi connectivity index (χ1v) is 12.0. The summed E-state index contributed by atoms with van der Waals surface area (Å²) in [4.78, 5) is 9.83. The van der Waals surface area contributed by atoms with Crippen LogP contribution in [0.25, 0.3) is 0 Å². The number of hydrogen-bond donors (Lipinski definition) is 0. The summed E-state index contributed by atoms with van der Waals surface area (Å²) in [7, 11) is 0. The van der Waals surface area contributed by atoms with E-state index in [1.165, 1.54) is 0 Å². The van der Waals surface area contributed by atoms with Crippen LogP contribution in [0.4, 0.5) is 0 Å². The van der Waals surface area contributed by atoms with Crippen LogP contribution in [0.2, 0.25) is 3.71 Å². The third-order valence-electron chi connectivity index (χ3n) is 0.379. The van der Waals surface area contributed by atoms with Crippen LogP contribution in [0.15, 0.2) is 0 Å². The Kier molecular flexibility index (Phi) is 2.25. The molecule has 6 heavy (non-hydrogen) atoms. The molecule has 0 aromatic rings. The van der Waals surface area contributed by atoms with E-state index in [0.717, 1.165) is 43.9 Å². The Morgan fingerprint density at radius 1 is 1.50 bits per heavy atom. The van der Waals surface area contributed by atoms with Gasteiger partial charge in [-0.3, -0.25) is 0 Å². The van der Waals surface area contributed by atoms with Gasteiger partial charge in [0, 0.05) is 0 Å². The van der Waals surface area contributed by atoms with Crippen molar-refractivity contribution in [1.82, 2.24) is 0 Å². The first-order chi connectivity index (χ1) is 2.93. The molecule has 0 aliphatic carbocycles. The van der Waals surface area contributed by atoms with Crippen molar-refractivity contribution in [1.29, 1.82) is 0 Å². The summed E-state index contributed by atoms with van der Waals surface area (Å²) in [6.45, 7) is 0. The van der Waals surface area contributed by atoms with Gasteiger partial charge in [0.2, 0.25) is 0 Å². The SMILES string of the molecule is O=CC1[Se][Se][Se]1. The number of carbonyl (C=O) groups is 1. The van der Waals surface area contributed by atoms with Gasteiger partial charge < -0.3 is 0 Å². The van der Waals surface area contributed by atoms with Gasteiger partial charge in [-0.1, -0.05) is 0 Å². The van der Waals surface area contributed by atoms with Crippen LogP contribution < -0.4 is 0 Å². The summed E-state index contributed by atoms with van der Waals surface area (Å²) in [5, 5.41) is 0. The molecule has 34 valence electrons. The molecule has 1 nitrogen and oxygen atoms in total. The van der Waals surface area contributed by atoms with Crippen LogP contribution in [0.3, 0.4) is 0 Å². The quantitative estimate of drug-likeness (QED) is 0.439. The minimum atomic E-state index is 0.588. The van der Waals surface area contributed by atoms with Crippen LogP contribution in [0.5, 0.6) is 0 Å². The van der Waals surface area contributed by atoms with Gasteiger partial charge in [-0.15, -0.1) is 0 Å². The maximum atomic E-state index is 9.83. The molecule has 0 atom stereocenters. The van der Waals surface area contributed by atoms with Gasteiger partial charge in [-0.2, -0.15) is 0 Å². The molecule has 1 aliphatic heterocycles. The molecule has 1 rings (SSSR count). The summed E-state index contributed by atoms with van der Waals surface area (Å²) in [6.07, 6.45) is 1.13. The zero-order valence-corrected chi connectivity index (χ0v) is 7.93. The van der Waals surface area contributed by atoms with Crippen molar-refractivity contribution in [2.24, 2.45) is 0 Å². The van der Waals surface area contributed by atoms with E-state index in [2.05, 4.69) is 0 Å². The Labute approximate surface area is 52.2 Å². The van der Waals surface area contributed by atoms with Gasteiger partial charge in [-0.05, 0) is 0 Å². The number of hydrogen-bond acceptors (Lipinski definition) is 1. The van der Waals surface area contributed by atoms with Crippen molar-refractivity contribution in [3.63, 3.8) is 0 Å². The summed E-state index contributed by atoms with van der Waals surface area (Å²) in [5.74, 6) is 0. The molecule has 1 aliphatic rings. The fourth-order valence-corrected chi connectivity index (χ4v) is 13.1. The molecule has 0 N–H and O–H groups in total. The Bertz CT molecular complexity index is 59.8. The van der Waals surface area contributed by atoms with E-state index in [1.54, 1.807) is 0 Å². The van der Waals surface area contributed by atoms with Crippen LogP contribution in [0.1, 0.15) is 0 Å². The van der Waals surface area contributed by atoms with Gasteiger partial charge >= 0.3 is 52.4 Å². The average molecular weight is 279 g/mol. The summed E-state index contributed by atoms with van der Waals surface area (Å²) in [5.41, 5.74) is 0. The fourth-order valence-electron chi connectivity index (χ4n) is 0.130. The third kappa shape index (κ3) is 1.10. The van der Waals surface area contributed by atoms with Crippen LogP contribution in [-0.4, -0.2) is 43.9 Å². The van der Waals surface area contributed by atoms with Crippen LogP contribution in [0, 0.1) is 0 Å². The number of aldehydes is 1. The molecule has 4 heteroatoms. The number of carbonyl (C=O) groups excluding carboxylic acids is 1. The molecule has 1 fully saturated rings. The molecule has 0 saturated carbocycles. The second-order valence-corrected chi connectivity index (χ2v) is 18.9. The van der Waals surface area contributed by atoms with E-state index < -0.39 is 0 Å². The van der Waals surface area contributed by atoms with E-state index in [1.807, 2.05) is 0 Å². The van der Waals surface area contributed by atoms with Gasteiger partial charge in [0.15, 0.2) is 0 Å². The fraction of sp³-hybridized carbons (Fsp3) is 0.500. The normalized spacial score (nSPS) is 22.7. The van der Waals surface area contributed by atoms with Gasteiger partial charge in [0.25, 0.3) is 0 Å². The molecule has 0 bridgehead atoms. The van der Waals surface area contributed by atoms with Crippen LogP contribution in [-0.2, 0) is 4.79 Å². The molecule has 0 amide bonds. The maximum absolute atomic E-state index is 9.83. The predicted molar refractivity (Wildman–Crippen MR) is 27.1 cm³/mol. The van der Waals surface area contributed by atoms with E-state index in [9.17, 15) is 4.79 Å². The van der Waals surface area contributed by atoms with Gasteiger partial charge in [-0.25, -0.2) is 0 Å². The van der Waals surface area contributed by atoms with Crippen LogP contribution >= 0.6 is 0 Å². The van der Waals surface area contributed by atoms with Gasteiger partial charge in [0.05, 0.1) is 0 Å². The summed E-state index contributed by atoms with van der Waals surface area (Å²) < 4.78 is 0.588. The Balaban J connectivity index is 2.16. The van der Waals surface area contributed by atoms with Crippen molar-refractivity contribution in [2.45, 2.75) is 3.71 Å². The molecule has 0 aromatic carbocycles. The Morgan fingerprint density at radius 2 is 2.17 bits per heavy atom. The van der Waals surface area contributed by atoms with Gasteiger partial charge in [0.1, 0.15) is 0 Å². The van der Waals surface area contributed by atoms with Crippen molar-refractivity contribution < 1.29 is 4.79 Å². The molecule has 0 unspecified atom stereocenters. The first-order valence-electron chi connectivity index (χ1n) is 1.37. The first kappa shape index (κ1) is 5.37. The third-order valence-corrected chi connectivity index (χ3v) is 25.6. The second-order valence-electron chi connectivity index (χ2n) is 0.765. The second kappa shape index (κ2) is 2.51. The summed E-state index contributed by atoms with van der Waals surface area (Å²) >= 11 is 2.54. The van der Waals surface area contributed by atoms with E-state index in [4.69, 9.17) is 0 Å². The molecule has 0 aromatic heterocycles. The molecule has 1 heterocycles. The van der Waals surface area contributed by atoms with Crippen molar-refractivity contribution in [3.05, 3.63) is 0 Å².